The van der Waals surface area contributed by atoms with Crippen LogP contribution in [0.5, 0.6) is 5.75 Å². The van der Waals surface area contributed by atoms with Crippen LogP contribution in [0, 0.1) is 6.92 Å². The zero-order valence-electron chi connectivity index (χ0n) is 11.4. The molecule has 1 aromatic rings. The Labute approximate surface area is 109 Å². The highest BCUT2D eigenvalue weighted by Gasteiger charge is 2.12. The average Bonchev–Trinajstić information content (AvgIpc) is 2.38. The van der Waals surface area contributed by atoms with Crippen LogP contribution in [0.4, 0.5) is 0 Å². The van der Waals surface area contributed by atoms with Crippen molar-refractivity contribution in [2.24, 2.45) is 5.73 Å². The molecule has 0 radical (unpaired) electrons. The maximum atomic E-state index is 11.9. The molecule has 0 spiro atoms. The number of benzene rings is 1. The molecular formula is C14H22N2O2. The van der Waals surface area contributed by atoms with Crippen LogP contribution in [0.3, 0.4) is 0 Å². The standard InChI is InChI=1S/C14H22N2O2/c1-4-16(5-2)13(17)10-18-14-11(3)7-6-8-12(14)9-15/h6-8H,4-5,9-10,15H2,1-3H3. The first kappa shape index (κ1) is 14.5. The molecule has 0 heterocycles. The molecule has 100 valence electrons. The average molecular weight is 250 g/mol. The van der Waals surface area contributed by atoms with Gasteiger partial charge in [-0.2, -0.15) is 0 Å². The van der Waals surface area contributed by atoms with E-state index in [1.54, 1.807) is 4.90 Å². The lowest BCUT2D eigenvalue weighted by Crippen LogP contribution is -2.34. The Kier molecular flexibility index (Phi) is 5.65. The summed E-state index contributed by atoms with van der Waals surface area (Å²) in [7, 11) is 0. The number of nitrogens with zero attached hydrogens (tertiary/aromatic N) is 1. The molecule has 1 amide bonds. The lowest BCUT2D eigenvalue weighted by atomic mass is 10.1. The molecule has 4 heteroatoms. The molecule has 18 heavy (non-hydrogen) atoms. The van der Waals surface area contributed by atoms with E-state index in [0.717, 1.165) is 16.9 Å². The zero-order valence-corrected chi connectivity index (χ0v) is 11.4. The summed E-state index contributed by atoms with van der Waals surface area (Å²) in [4.78, 5) is 13.6. The smallest absolute Gasteiger partial charge is 0.260 e. The summed E-state index contributed by atoms with van der Waals surface area (Å²) in [6, 6.07) is 5.82. The van der Waals surface area contributed by atoms with Crippen molar-refractivity contribution in [2.45, 2.75) is 27.3 Å². The Morgan fingerprint density at radius 3 is 2.56 bits per heavy atom. The lowest BCUT2D eigenvalue weighted by molar-refractivity contribution is -0.132. The zero-order chi connectivity index (χ0) is 13.5. The molecule has 0 aromatic heterocycles. The molecule has 2 N–H and O–H groups in total. The number of aryl methyl sites for hydroxylation is 1. The van der Waals surface area contributed by atoms with Gasteiger partial charge >= 0.3 is 0 Å². The van der Waals surface area contributed by atoms with Gasteiger partial charge in [0.15, 0.2) is 6.61 Å². The van der Waals surface area contributed by atoms with Gasteiger partial charge in [0.25, 0.3) is 5.91 Å². The van der Waals surface area contributed by atoms with Crippen molar-refractivity contribution < 1.29 is 9.53 Å². The Balaban J connectivity index is 2.71. The molecule has 0 saturated heterocycles. The number of hydrogen-bond donors (Lipinski definition) is 1. The predicted molar refractivity (Wildman–Crippen MR) is 72.5 cm³/mol. The van der Waals surface area contributed by atoms with E-state index < -0.39 is 0 Å². The van der Waals surface area contributed by atoms with Gasteiger partial charge in [-0.15, -0.1) is 0 Å². The van der Waals surface area contributed by atoms with Crippen molar-refractivity contribution in [1.29, 1.82) is 0 Å². The Hall–Kier alpha value is -1.55. The molecule has 4 nitrogen and oxygen atoms in total. The SMILES string of the molecule is CCN(CC)C(=O)COc1c(C)cccc1CN. The largest absolute Gasteiger partial charge is 0.483 e. The highest BCUT2D eigenvalue weighted by Crippen LogP contribution is 2.22. The maximum Gasteiger partial charge on any atom is 0.260 e. The third-order valence-electron chi connectivity index (χ3n) is 2.97. The predicted octanol–water partition coefficient (Wildman–Crippen LogP) is 1.70. The van der Waals surface area contributed by atoms with E-state index in [2.05, 4.69) is 0 Å². The van der Waals surface area contributed by atoms with Crippen LogP contribution in [0.15, 0.2) is 18.2 Å². The molecule has 0 aliphatic heterocycles. The summed E-state index contributed by atoms with van der Waals surface area (Å²) in [6.45, 7) is 7.76. The first-order chi connectivity index (χ1) is 8.63. The first-order valence-corrected chi connectivity index (χ1v) is 6.33. The van der Waals surface area contributed by atoms with Gasteiger partial charge in [-0.1, -0.05) is 18.2 Å². The fourth-order valence-electron chi connectivity index (χ4n) is 1.88. The first-order valence-electron chi connectivity index (χ1n) is 6.33. The van der Waals surface area contributed by atoms with Gasteiger partial charge in [-0.05, 0) is 26.3 Å². The molecular weight excluding hydrogens is 228 g/mol. The van der Waals surface area contributed by atoms with Gasteiger partial charge < -0.3 is 15.4 Å². The summed E-state index contributed by atoms with van der Waals surface area (Å²) in [6.07, 6.45) is 0. The molecule has 1 rings (SSSR count). The van der Waals surface area contributed by atoms with E-state index in [1.807, 2.05) is 39.0 Å². The van der Waals surface area contributed by atoms with E-state index in [0.29, 0.717) is 19.6 Å². The molecule has 0 saturated carbocycles. The number of carbonyl (C=O) groups is 1. The number of rotatable bonds is 6. The van der Waals surface area contributed by atoms with E-state index in [4.69, 9.17) is 10.5 Å². The van der Waals surface area contributed by atoms with E-state index in [1.165, 1.54) is 0 Å². The molecule has 0 atom stereocenters. The summed E-state index contributed by atoms with van der Waals surface area (Å²) in [5.41, 5.74) is 7.60. The Morgan fingerprint density at radius 2 is 2.00 bits per heavy atom. The van der Waals surface area contributed by atoms with Crippen molar-refractivity contribution in [1.82, 2.24) is 4.90 Å². The van der Waals surface area contributed by atoms with Crippen LogP contribution in [0.25, 0.3) is 0 Å². The highest BCUT2D eigenvalue weighted by molar-refractivity contribution is 5.77. The van der Waals surface area contributed by atoms with Crippen LogP contribution in [-0.4, -0.2) is 30.5 Å². The normalized spacial score (nSPS) is 10.2. The minimum absolute atomic E-state index is 0.00576. The van der Waals surface area contributed by atoms with Crippen molar-refractivity contribution in [2.75, 3.05) is 19.7 Å². The highest BCUT2D eigenvalue weighted by atomic mass is 16.5. The summed E-state index contributed by atoms with van der Waals surface area (Å²) < 4.78 is 5.63. The minimum atomic E-state index is 0.00576. The number of likely N-dealkylation sites (N-methyl/N-ethyl adjacent to an activating group) is 1. The van der Waals surface area contributed by atoms with Crippen LogP contribution >= 0.6 is 0 Å². The third-order valence-corrected chi connectivity index (χ3v) is 2.97. The molecule has 0 aliphatic carbocycles. The second-order valence-corrected chi connectivity index (χ2v) is 4.12. The number of nitrogens with two attached hydrogens (primary N) is 1. The van der Waals surface area contributed by atoms with E-state index >= 15 is 0 Å². The van der Waals surface area contributed by atoms with Gasteiger partial charge in [0.05, 0.1) is 0 Å². The Morgan fingerprint density at radius 1 is 1.33 bits per heavy atom. The molecule has 0 aliphatic rings. The monoisotopic (exact) mass is 250 g/mol. The van der Waals surface area contributed by atoms with Crippen molar-refractivity contribution in [3.05, 3.63) is 29.3 Å². The molecule has 0 fully saturated rings. The summed E-state index contributed by atoms with van der Waals surface area (Å²) in [5, 5.41) is 0. The fraction of sp³-hybridized carbons (Fsp3) is 0.500. The molecule has 1 aromatic carbocycles. The van der Waals surface area contributed by atoms with Gasteiger partial charge in [-0.3, -0.25) is 4.79 Å². The fourth-order valence-corrected chi connectivity index (χ4v) is 1.88. The topological polar surface area (TPSA) is 55.6 Å². The van der Waals surface area contributed by atoms with Crippen molar-refractivity contribution in [3.63, 3.8) is 0 Å². The van der Waals surface area contributed by atoms with Gasteiger partial charge in [0.1, 0.15) is 5.75 Å². The molecule has 0 unspecified atom stereocenters. The quantitative estimate of drug-likeness (QED) is 0.836. The lowest BCUT2D eigenvalue weighted by Gasteiger charge is -2.20. The maximum absolute atomic E-state index is 11.9. The van der Waals surface area contributed by atoms with Crippen molar-refractivity contribution in [3.8, 4) is 5.75 Å². The minimum Gasteiger partial charge on any atom is -0.483 e. The summed E-state index contributed by atoms with van der Waals surface area (Å²) >= 11 is 0. The van der Waals surface area contributed by atoms with Crippen LogP contribution < -0.4 is 10.5 Å². The van der Waals surface area contributed by atoms with Gasteiger partial charge in [-0.25, -0.2) is 0 Å². The van der Waals surface area contributed by atoms with Crippen LogP contribution in [0.2, 0.25) is 0 Å². The molecule has 0 bridgehead atoms. The number of hydrogen-bond acceptors (Lipinski definition) is 3. The van der Waals surface area contributed by atoms with Gasteiger partial charge in [0, 0.05) is 25.2 Å². The number of ether oxygens (including phenoxy) is 1. The number of carbonyl (C=O) groups excluding carboxylic acids is 1. The number of para-hydroxylation sites is 1. The second kappa shape index (κ2) is 7.01. The third kappa shape index (κ3) is 3.47. The Bertz CT molecular complexity index is 401. The second-order valence-electron chi connectivity index (χ2n) is 4.12. The number of amides is 1. The van der Waals surface area contributed by atoms with Gasteiger partial charge in [0.2, 0.25) is 0 Å². The summed E-state index contributed by atoms with van der Waals surface area (Å²) in [5.74, 6) is 0.742. The van der Waals surface area contributed by atoms with E-state index in [9.17, 15) is 4.79 Å². The van der Waals surface area contributed by atoms with Crippen LogP contribution in [0.1, 0.15) is 25.0 Å². The van der Waals surface area contributed by atoms with Crippen LogP contribution in [-0.2, 0) is 11.3 Å². The van der Waals surface area contributed by atoms with Crippen molar-refractivity contribution >= 4 is 5.91 Å². The van der Waals surface area contributed by atoms with E-state index in [-0.39, 0.29) is 12.5 Å².